The Morgan fingerprint density at radius 1 is 0.268 bits per heavy atom. The van der Waals surface area contributed by atoms with Crippen molar-refractivity contribution >= 4 is 0 Å². The van der Waals surface area contributed by atoms with Crippen molar-refractivity contribution < 1.29 is 142 Å². The lowest BCUT2D eigenvalue weighted by atomic mass is 9.94. The molecule has 0 N–H and O–H groups in total. The van der Waals surface area contributed by atoms with E-state index in [-0.39, 0.29) is 46.2 Å². The summed E-state index contributed by atoms with van der Waals surface area (Å²) >= 11 is 0. The molecule has 0 spiro atoms. The predicted octanol–water partition coefficient (Wildman–Crippen LogP) is 1.05. The zero-order valence-corrected chi connectivity index (χ0v) is 58.9. The van der Waals surface area contributed by atoms with Gasteiger partial charge in [-0.15, -0.1) is 0 Å². The van der Waals surface area contributed by atoms with Gasteiger partial charge in [-0.3, -0.25) is 9.97 Å². The molecule has 32 heteroatoms. The number of hydrogen-bond donors (Lipinski definition) is 0. The molecule has 0 radical (unpaired) electrons. The number of nitrogens with zero attached hydrogens (tertiary/aromatic N) is 2. The van der Waals surface area contributed by atoms with E-state index in [1.165, 1.54) is 121 Å². The molecule has 24 rings (SSSR count). The third-order valence-electron chi connectivity index (χ3n) is 18.8. The summed E-state index contributed by atoms with van der Waals surface area (Å²) in [4.78, 5) is 9.25. The molecular formula is C65H104N2O30. The van der Waals surface area contributed by atoms with E-state index in [0.717, 1.165) is 16.8 Å². The van der Waals surface area contributed by atoms with Crippen molar-refractivity contribution in [3.05, 3.63) is 47.8 Å². The zero-order chi connectivity index (χ0) is 69.4. The molecule has 32 nitrogen and oxygen atoms in total. The van der Waals surface area contributed by atoms with Crippen molar-refractivity contribution in [3.63, 3.8) is 0 Å². The summed E-state index contributed by atoms with van der Waals surface area (Å²) in [6, 6.07) is 7.71. The Balaban J connectivity index is 1.13. The minimum Gasteiger partial charge on any atom is -0.382 e. The molecule has 22 fully saturated rings. The lowest BCUT2D eigenvalue weighted by Gasteiger charge is -2.53. The van der Waals surface area contributed by atoms with Crippen molar-refractivity contribution in [1.82, 2.24) is 9.97 Å². The van der Waals surface area contributed by atoms with Crippen LogP contribution in [-0.4, -0.2) is 355 Å². The zero-order valence-electron chi connectivity index (χ0n) is 58.9. The van der Waals surface area contributed by atoms with Crippen LogP contribution in [-0.2, 0) is 149 Å². The first kappa shape index (κ1) is 78.2. The number of hydrogen-bond acceptors (Lipinski definition) is 32. The van der Waals surface area contributed by atoms with E-state index >= 15 is 0 Å². The Bertz CT molecular complexity index is 2550. The number of rotatable bonds is 27. The summed E-state index contributed by atoms with van der Waals surface area (Å²) in [5.74, 6) is 0. The van der Waals surface area contributed by atoms with Gasteiger partial charge in [-0.25, -0.2) is 0 Å². The molecule has 97 heavy (non-hydrogen) atoms. The molecule has 0 amide bonds. The molecule has 22 aliphatic rings. The molecule has 30 atom stereocenters. The molecule has 22 aliphatic heterocycles. The van der Waals surface area contributed by atoms with Gasteiger partial charge in [-0.1, -0.05) is 12.1 Å². The van der Waals surface area contributed by atoms with E-state index in [1.807, 2.05) is 31.2 Å². The fraction of sp³-hybridized carbons (Fsp3) is 0.846. The average molecular weight is 1390 g/mol. The first-order chi connectivity index (χ1) is 47.3. The van der Waals surface area contributed by atoms with E-state index in [2.05, 4.69) is 4.98 Å². The minimum absolute atomic E-state index is 0.0186. The van der Waals surface area contributed by atoms with Crippen LogP contribution in [0.4, 0.5) is 0 Å². The van der Waals surface area contributed by atoms with Crippen LogP contribution >= 0.6 is 0 Å². The second-order valence-electron chi connectivity index (χ2n) is 24.3. The molecular weight excluding hydrogens is 1290 g/mol. The highest BCUT2D eigenvalue weighted by Crippen LogP contribution is 2.42. The SMILES string of the molecule is COC[C@H]1O[C@@H]2O[C@H]3[C@H](OC)[C@@H](OC)[C@@H](O[C@H]4[C@H](OC)[C@@H](OC)[C@@H](O[C@H]5[C@H](OC)[C@@H](OC)[C@@H](O[C@H]6[C@H](OC)[C@@H](OC)[C@@H](O[C@H]7[C@H](OC)[C@@H](OC)[C@@H](O[C@H]1[C@H](OC)[C@H]2OC)O[C@@H]7COC)O[C@@H]6COC)O[C@@H]5COCc1ccc(-c2ccc(C)cn2)nc1)O[C@@H]4COC)O[C@@H]3COC. The van der Waals surface area contributed by atoms with E-state index in [0.29, 0.717) is 5.69 Å². The summed E-state index contributed by atoms with van der Waals surface area (Å²) in [5, 5.41) is 0. The first-order valence-electron chi connectivity index (χ1n) is 32.4. The van der Waals surface area contributed by atoms with Gasteiger partial charge in [0.05, 0.1) is 57.6 Å². The van der Waals surface area contributed by atoms with E-state index in [9.17, 15) is 0 Å². The Morgan fingerprint density at radius 3 is 0.691 bits per heavy atom. The number of ether oxygens (including phenoxy) is 30. The second kappa shape index (κ2) is 38.0. The van der Waals surface area contributed by atoms with Gasteiger partial charge in [-0.2, -0.15) is 0 Å². The highest BCUT2D eigenvalue weighted by atomic mass is 16.8. The number of pyridine rings is 2. The molecule has 0 saturated carbocycles. The molecule has 12 bridgehead atoms. The quantitative estimate of drug-likeness (QED) is 0.121. The molecule has 554 valence electrons. The minimum atomic E-state index is -1.26. The third kappa shape index (κ3) is 17.5. The van der Waals surface area contributed by atoms with Crippen LogP contribution in [0, 0.1) is 6.92 Å². The van der Waals surface area contributed by atoms with Gasteiger partial charge in [-0.05, 0) is 30.2 Å². The monoisotopic (exact) mass is 1390 g/mol. The van der Waals surface area contributed by atoms with Crippen molar-refractivity contribution in [2.24, 2.45) is 0 Å². The van der Waals surface area contributed by atoms with Crippen LogP contribution in [0.25, 0.3) is 11.4 Å². The first-order valence-corrected chi connectivity index (χ1v) is 32.4. The number of aromatic nitrogens is 2. The third-order valence-corrected chi connectivity index (χ3v) is 18.8. The molecule has 2 aromatic heterocycles. The predicted molar refractivity (Wildman–Crippen MR) is 332 cm³/mol. The summed E-state index contributed by atoms with van der Waals surface area (Å²) in [7, 11) is 25.8. The number of methoxy groups -OCH3 is 17. The van der Waals surface area contributed by atoms with Crippen LogP contribution < -0.4 is 0 Å². The largest absolute Gasteiger partial charge is 0.382 e. The molecule has 24 heterocycles. The molecule has 0 unspecified atom stereocenters. The standard InChI is InChI=1S/C65H104N2O30/c1-32-19-21-34(66-23-32)35-22-20-33(24-67-35)25-85-31-41-47-53(78-12)59(84-18)65(91-41)96-46-40(30-72-6)89-63(57(82-16)52(46)77-11)94-44-38(28-70-4)87-61(55(80-14)50(44)75-9)92-42-36(26-68-2)86-60(54(79-13)48(42)73-7)93-43-37(27-69-3)88-62(56(81-15)49(43)74-8)95-45-39(29-71-5)90-64(97-47)58(83-17)51(45)76-10/h19-24,36-65H,25-31H2,1-18H3/t36-,37-,38-,39-,40-,41-,42-,43-,44-,45-,46-,47-,48+,49+,50+,51+,52+,53+,54-,55-,56-,57-,58-,59-,60-,61-,62-,63-,64-,65-/m1/s1. The highest BCUT2D eigenvalue weighted by Gasteiger charge is 2.61. The lowest BCUT2D eigenvalue weighted by molar-refractivity contribution is -0.410. The van der Waals surface area contributed by atoms with E-state index in [4.69, 9.17) is 147 Å². The maximum atomic E-state index is 7.18. The van der Waals surface area contributed by atoms with Crippen LogP contribution in [0.15, 0.2) is 36.7 Å². The van der Waals surface area contributed by atoms with Gasteiger partial charge < -0.3 is 142 Å². The normalized spacial score (nSPS) is 41.4. The summed E-state index contributed by atoms with van der Waals surface area (Å²) in [5.41, 5.74) is 3.23. The fourth-order valence-electron chi connectivity index (χ4n) is 14.1. The Hall–Kier alpha value is -2.90. The Labute approximate surface area is 567 Å². The topological polar surface area (TPSA) is 303 Å². The maximum Gasteiger partial charge on any atom is 0.187 e. The van der Waals surface area contributed by atoms with Crippen LogP contribution in [0.3, 0.4) is 0 Å². The van der Waals surface area contributed by atoms with Gasteiger partial charge in [0.2, 0.25) is 0 Å². The van der Waals surface area contributed by atoms with Crippen molar-refractivity contribution in [1.29, 1.82) is 0 Å². The van der Waals surface area contributed by atoms with Crippen molar-refractivity contribution in [2.45, 2.75) is 198 Å². The molecule has 0 aromatic carbocycles. The average Bonchev–Trinajstić information content (AvgIpc) is 0.773. The number of aryl methyl sites for hydroxylation is 1. The van der Waals surface area contributed by atoms with Crippen LogP contribution in [0.5, 0.6) is 0 Å². The lowest BCUT2D eigenvalue weighted by Crippen LogP contribution is -2.70. The molecule has 2 aromatic rings. The van der Waals surface area contributed by atoms with Gasteiger partial charge in [0.25, 0.3) is 0 Å². The van der Waals surface area contributed by atoms with Gasteiger partial charge in [0, 0.05) is 133 Å². The molecule has 22 saturated heterocycles. The molecule has 0 aliphatic carbocycles. The maximum absolute atomic E-state index is 7.18. The van der Waals surface area contributed by atoms with Gasteiger partial charge in [0.1, 0.15) is 146 Å². The smallest absolute Gasteiger partial charge is 0.187 e. The Kier molecular flexibility index (Phi) is 30.7. The van der Waals surface area contributed by atoms with Gasteiger partial charge >= 0.3 is 0 Å². The summed E-state index contributed by atoms with van der Waals surface area (Å²) in [6.07, 6.45) is -27.3. The van der Waals surface area contributed by atoms with Crippen molar-refractivity contribution in [3.8, 4) is 11.4 Å². The van der Waals surface area contributed by atoms with E-state index < -0.39 is 184 Å². The van der Waals surface area contributed by atoms with E-state index in [1.54, 1.807) is 12.4 Å². The highest BCUT2D eigenvalue weighted by molar-refractivity contribution is 5.54. The van der Waals surface area contributed by atoms with Crippen LogP contribution in [0.1, 0.15) is 11.1 Å². The summed E-state index contributed by atoms with van der Waals surface area (Å²) < 4.78 is 196. The fourth-order valence-corrected chi connectivity index (χ4v) is 14.1. The van der Waals surface area contributed by atoms with Crippen LogP contribution in [0.2, 0.25) is 0 Å². The van der Waals surface area contributed by atoms with Crippen molar-refractivity contribution in [2.75, 3.05) is 161 Å². The summed E-state index contributed by atoms with van der Waals surface area (Å²) in [6.45, 7) is 1.84. The Morgan fingerprint density at radius 2 is 0.495 bits per heavy atom. The van der Waals surface area contributed by atoms with Gasteiger partial charge in [0.15, 0.2) is 37.7 Å². The second-order valence-corrected chi connectivity index (χ2v) is 24.3.